The number of hydrogen-bond acceptors (Lipinski definition) is 9. The quantitative estimate of drug-likeness (QED) is 0.137. The van der Waals surface area contributed by atoms with E-state index in [0.29, 0.717) is 10.5 Å². The monoisotopic (exact) mass is 579 g/mol. The van der Waals surface area contributed by atoms with Crippen LogP contribution in [-0.2, 0) is 19.1 Å². The van der Waals surface area contributed by atoms with E-state index in [2.05, 4.69) is 11.9 Å². The van der Waals surface area contributed by atoms with E-state index in [0.717, 1.165) is 29.1 Å². The van der Waals surface area contributed by atoms with Gasteiger partial charge in [-0.2, -0.15) is 0 Å². The minimum Gasteiger partial charge on any atom is -0.477 e. The molecule has 2 aliphatic rings. The third kappa shape index (κ3) is 5.30. The van der Waals surface area contributed by atoms with Crippen LogP contribution in [0.15, 0.2) is 23.2 Å². The molecule has 0 radical (unpaired) electrons. The predicted octanol–water partition coefficient (Wildman–Crippen LogP) is 5.04. The fourth-order valence-electron chi connectivity index (χ4n) is 5.91. The number of carbonyl (C=O) groups is 3. The van der Waals surface area contributed by atoms with Gasteiger partial charge in [-0.05, 0) is 19.6 Å². The van der Waals surface area contributed by atoms with E-state index in [1.807, 2.05) is 17.6 Å². The second-order valence-corrected chi connectivity index (χ2v) is 12.1. The number of carboxylic acid groups (broad SMARTS) is 1. The lowest BCUT2D eigenvalue weighted by molar-refractivity contribution is -0.187. The number of nitrogens with zero attached hydrogens (tertiary/aromatic N) is 3. The lowest BCUT2D eigenvalue weighted by Crippen LogP contribution is -2.75. The Bertz CT molecular complexity index is 1250. The number of carbonyl (C=O) groups excluding carboxylic acids is 2. The molecule has 4 atom stereocenters. The van der Waals surface area contributed by atoms with Crippen molar-refractivity contribution >= 4 is 51.5 Å². The van der Waals surface area contributed by atoms with Crippen LogP contribution in [0.2, 0.25) is 0 Å². The molecular weight excluding hydrogens is 542 g/mol. The van der Waals surface area contributed by atoms with E-state index in [9.17, 15) is 24.6 Å². The van der Waals surface area contributed by atoms with Crippen molar-refractivity contribution in [3.8, 4) is 0 Å². The number of thioether (sulfide) groups is 1. The summed E-state index contributed by atoms with van der Waals surface area (Å²) in [7, 11) is 0. The molecule has 0 bridgehead atoms. The molecule has 0 aliphatic carbocycles. The lowest BCUT2D eigenvalue weighted by Gasteiger charge is -2.56. The second-order valence-electron chi connectivity index (χ2n) is 10.2. The minimum atomic E-state index is -1.25. The van der Waals surface area contributed by atoms with E-state index in [-0.39, 0.29) is 18.9 Å². The Morgan fingerprint density at radius 3 is 2.54 bits per heavy atom. The van der Waals surface area contributed by atoms with E-state index >= 15 is 0 Å². The molecule has 10 nitrogen and oxygen atoms in total. The summed E-state index contributed by atoms with van der Waals surface area (Å²) in [5, 5.41) is 21.6. The molecule has 0 saturated carbocycles. The molecule has 2 aromatic heterocycles. The predicted molar refractivity (Wildman–Crippen MR) is 149 cm³/mol. The Labute approximate surface area is 236 Å². The first-order chi connectivity index (χ1) is 18.7. The fourth-order valence-corrected chi connectivity index (χ4v) is 7.82. The molecule has 2 N–H and O–H groups in total. The van der Waals surface area contributed by atoms with Gasteiger partial charge in [-0.25, -0.2) is 14.6 Å². The fraction of sp³-hybridized carbons (Fsp3) is 0.630. The van der Waals surface area contributed by atoms with Gasteiger partial charge in [0.1, 0.15) is 34.0 Å². The number of hydrogen-bond donors (Lipinski definition) is 2. The number of amides is 1. The SMILES string of the molecule is CCCCCCCCCOC(=O)OC[C@@]12[C@@H]([C@@H](C)O)C(=O)N1C(C(=O)O)=C(c1cn3cnc(SC)c3s1)[C@@H]2C. The third-order valence-electron chi connectivity index (χ3n) is 7.82. The van der Waals surface area contributed by atoms with E-state index < -0.39 is 41.5 Å². The zero-order chi connectivity index (χ0) is 28.3. The highest BCUT2D eigenvalue weighted by Crippen LogP contribution is 2.59. The Morgan fingerprint density at radius 2 is 1.90 bits per heavy atom. The van der Waals surface area contributed by atoms with Gasteiger partial charge in [0.25, 0.3) is 0 Å². The summed E-state index contributed by atoms with van der Waals surface area (Å²) in [6.45, 7) is 5.44. The average Bonchev–Trinajstić information content (AvgIpc) is 3.53. The van der Waals surface area contributed by atoms with Crippen molar-refractivity contribution in [2.45, 2.75) is 82.4 Å². The zero-order valence-corrected chi connectivity index (χ0v) is 24.5. The van der Waals surface area contributed by atoms with Gasteiger partial charge in [0.15, 0.2) is 0 Å². The van der Waals surface area contributed by atoms with Crippen LogP contribution in [0.4, 0.5) is 4.79 Å². The van der Waals surface area contributed by atoms with E-state index in [1.54, 1.807) is 12.5 Å². The molecule has 0 aromatic carbocycles. The Hall–Kier alpha value is -2.57. The molecule has 1 fully saturated rings. The number of rotatable bonds is 14. The average molecular weight is 580 g/mol. The van der Waals surface area contributed by atoms with Gasteiger partial charge in [0.2, 0.25) is 5.91 Å². The smallest absolute Gasteiger partial charge is 0.477 e. The van der Waals surface area contributed by atoms with Crippen molar-refractivity contribution in [1.82, 2.24) is 14.3 Å². The van der Waals surface area contributed by atoms with Crippen molar-refractivity contribution in [1.29, 1.82) is 0 Å². The molecule has 39 heavy (non-hydrogen) atoms. The largest absolute Gasteiger partial charge is 0.508 e. The number of aliphatic hydroxyl groups excluding tert-OH is 1. The first kappa shape index (κ1) is 29.4. The van der Waals surface area contributed by atoms with E-state index in [1.165, 1.54) is 60.6 Å². The standard InChI is InChI=1S/C27H37N3O7S2/c1-5-6-7-8-9-10-11-12-36-26(35)37-14-27-16(2)19(18-13-29-15-28-22(38-4)24(29)39-18)21(25(33)34)30(27)23(32)20(27)17(3)31/h13,15-17,20,31H,5-12,14H2,1-4H3,(H,33,34)/t16-,17+,20-,27+/m0/s1. The molecule has 1 amide bonds. The summed E-state index contributed by atoms with van der Waals surface area (Å²) in [4.78, 5) is 45.3. The van der Waals surface area contributed by atoms with Gasteiger partial charge in [0, 0.05) is 17.7 Å². The normalized spacial score (nSPS) is 23.2. The van der Waals surface area contributed by atoms with Gasteiger partial charge in [-0.3, -0.25) is 14.1 Å². The number of aliphatic hydroxyl groups is 1. The Kier molecular flexibility index (Phi) is 9.28. The highest BCUT2D eigenvalue weighted by atomic mass is 32.2. The van der Waals surface area contributed by atoms with Gasteiger partial charge in [0.05, 0.1) is 23.5 Å². The van der Waals surface area contributed by atoms with Crippen molar-refractivity contribution < 1.29 is 34.1 Å². The van der Waals surface area contributed by atoms with E-state index in [4.69, 9.17) is 9.47 Å². The summed E-state index contributed by atoms with van der Waals surface area (Å²) in [5.74, 6) is -3.21. The van der Waals surface area contributed by atoms with Crippen LogP contribution in [0, 0.1) is 11.8 Å². The Balaban J connectivity index is 1.51. The number of aromatic nitrogens is 2. The number of imidazole rings is 1. The van der Waals surface area contributed by atoms with Crippen LogP contribution in [-0.4, -0.2) is 73.6 Å². The number of ether oxygens (including phenoxy) is 2. The Morgan fingerprint density at radius 1 is 1.21 bits per heavy atom. The van der Waals surface area contributed by atoms with Crippen molar-refractivity contribution in [3.63, 3.8) is 0 Å². The van der Waals surface area contributed by atoms with Crippen molar-refractivity contribution in [3.05, 3.63) is 23.1 Å². The first-order valence-electron chi connectivity index (χ1n) is 13.5. The summed E-state index contributed by atoms with van der Waals surface area (Å²) in [5.41, 5.74) is -0.904. The van der Waals surface area contributed by atoms with Gasteiger partial charge in [-0.1, -0.05) is 52.4 Å². The van der Waals surface area contributed by atoms with Crippen LogP contribution in [0.5, 0.6) is 0 Å². The number of unbranched alkanes of at least 4 members (excludes halogenated alkanes) is 6. The first-order valence-corrected chi connectivity index (χ1v) is 15.5. The summed E-state index contributed by atoms with van der Waals surface area (Å²) >= 11 is 2.88. The molecule has 214 valence electrons. The van der Waals surface area contributed by atoms with Crippen LogP contribution in [0.3, 0.4) is 0 Å². The number of β-lactam (4-membered cyclic amide) rings is 1. The molecule has 4 heterocycles. The molecule has 4 rings (SSSR count). The molecular formula is C27H37N3O7S2. The zero-order valence-electron chi connectivity index (χ0n) is 22.8. The maximum absolute atomic E-state index is 13.2. The highest BCUT2D eigenvalue weighted by Gasteiger charge is 2.71. The lowest BCUT2D eigenvalue weighted by atomic mass is 9.65. The molecule has 12 heteroatoms. The number of fused-ring (bicyclic) bond motifs is 2. The van der Waals surface area contributed by atoms with Crippen molar-refractivity contribution in [2.24, 2.45) is 11.8 Å². The summed E-state index contributed by atoms with van der Waals surface area (Å²) in [6, 6.07) is 0. The maximum Gasteiger partial charge on any atom is 0.508 e. The van der Waals surface area contributed by atoms with Gasteiger partial charge >= 0.3 is 12.1 Å². The van der Waals surface area contributed by atoms with Gasteiger partial charge in [-0.15, -0.1) is 23.1 Å². The van der Waals surface area contributed by atoms with Crippen LogP contribution in [0.25, 0.3) is 10.4 Å². The molecule has 1 saturated heterocycles. The number of carboxylic acids is 1. The van der Waals surface area contributed by atoms with Crippen LogP contribution >= 0.6 is 23.1 Å². The van der Waals surface area contributed by atoms with Crippen molar-refractivity contribution in [2.75, 3.05) is 19.5 Å². The molecule has 2 aliphatic heterocycles. The van der Waals surface area contributed by atoms with Gasteiger partial charge < -0.3 is 19.7 Å². The molecule has 0 spiro atoms. The minimum absolute atomic E-state index is 0.146. The highest BCUT2D eigenvalue weighted by molar-refractivity contribution is 7.98. The molecule has 0 unspecified atom stereocenters. The van der Waals surface area contributed by atoms with Crippen LogP contribution < -0.4 is 0 Å². The molecule has 2 aromatic rings. The number of thiazole rings is 1. The van der Waals surface area contributed by atoms with Crippen LogP contribution in [0.1, 0.15) is 70.6 Å². The summed E-state index contributed by atoms with van der Waals surface area (Å²) in [6.07, 6.45) is 11.0. The topological polar surface area (TPSA) is 131 Å². The number of aliphatic carboxylic acids is 1. The maximum atomic E-state index is 13.2. The second kappa shape index (κ2) is 12.3. The third-order valence-corrected chi connectivity index (χ3v) is 9.77. The summed E-state index contributed by atoms with van der Waals surface area (Å²) < 4.78 is 12.6.